The second-order valence-electron chi connectivity index (χ2n) is 8.33. The summed E-state index contributed by atoms with van der Waals surface area (Å²) >= 11 is 0. The lowest BCUT2D eigenvalue weighted by Gasteiger charge is -2.27. The van der Waals surface area contributed by atoms with Crippen LogP contribution in [0.2, 0.25) is 6.32 Å². The predicted molar refractivity (Wildman–Crippen MR) is 110 cm³/mol. The number of aliphatic imine (C=N–C) groups is 1. The highest BCUT2D eigenvalue weighted by Gasteiger charge is 2.53. The molecule has 12 nitrogen and oxygen atoms in total. The average molecular weight is 447 g/mol. The molecule has 0 radical (unpaired) electrons. The van der Waals surface area contributed by atoms with Crippen LogP contribution < -0.4 is 16.2 Å². The molecule has 1 amide bonds. The number of rotatable bonds is 10. The average Bonchev–Trinajstić information content (AvgIpc) is 3.28. The molecule has 30 heavy (non-hydrogen) atoms. The molecule has 8 N–H and O–H groups in total. The first-order valence-corrected chi connectivity index (χ1v) is 11.2. The van der Waals surface area contributed by atoms with Crippen molar-refractivity contribution in [3.63, 3.8) is 0 Å². The lowest BCUT2D eigenvalue weighted by molar-refractivity contribution is -0.130. The maximum Gasteiger partial charge on any atom is 0.451 e. The van der Waals surface area contributed by atoms with Crippen molar-refractivity contribution in [3.8, 4) is 0 Å². The van der Waals surface area contributed by atoms with Gasteiger partial charge in [0.25, 0.3) is 16.1 Å². The summed E-state index contributed by atoms with van der Waals surface area (Å²) in [5.41, 5.74) is 9.56. The van der Waals surface area contributed by atoms with Crippen molar-refractivity contribution in [2.24, 2.45) is 22.4 Å². The van der Waals surface area contributed by atoms with Gasteiger partial charge in [-0.1, -0.05) is 6.42 Å². The van der Waals surface area contributed by atoms with E-state index < -0.39 is 58.0 Å². The summed E-state index contributed by atoms with van der Waals surface area (Å²) < 4.78 is 29.3. The first-order valence-electron chi connectivity index (χ1n) is 9.75. The molecule has 170 valence electrons. The molecule has 1 unspecified atom stereocenters. The molecule has 0 bridgehead atoms. The number of aliphatic carboxylic acids is 1. The van der Waals surface area contributed by atoms with Crippen LogP contribution in [0.1, 0.15) is 39.5 Å². The van der Waals surface area contributed by atoms with Crippen LogP contribution in [0.25, 0.3) is 0 Å². The van der Waals surface area contributed by atoms with Gasteiger partial charge in [0, 0.05) is 30.6 Å². The van der Waals surface area contributed by atoms with Crippen molar-refractivity contribution in [2.75, 3.05) is 13.1 Å². The summed E-state index contributed by atoms with van der Waals surface area (Å²) in [5, 5.41) is 27.1. The van der Waals surface area contributed by atoms with E-state index in [-0.39, 0.29) is 32.3 Å². The largest absolute Gasteiger partial charge is 0.477 e. The van der Waals surface area contributed by atoms with E-state index in [0.29, 0.717) is 12.8 Å². The molecule has 1 heterocycles. The summed E-state index contributed by atoms with van der Waals surface area (Å²) in [7, 11) is -5.56. The molecule has 1 saturated heterocycles. The Morgan fingerprint density at radius 3 is 2.43 bits per heavy atom. The van der Waals surface area contributed by atoms with Gasteiger partial charge in [0.2, 0.25) is 0 Å². The molecular formula is C16H30BN5O7S. The maximum atomic E-state index is 12.9. The Balaban J connectivity index is 2.23. The minimum absolute atomic E-state index is 0.0237. The SMILES string of the molecule is C/C(=N\C(=O)[C@]1(N)CN(S(=O)(=O)NC(C)C2(N)CC2)C[C@@H]1CCCB(O)O)C(=O)O. The van der Waals surface area contributed by atoms with Crippen LogP contribution in [0.15, 0.2) is 4.99 Å². The molecule has 1 saturated carbocycles. The zero-order valence-electron chi connectivity index (χ0n) is 17.1. The minimum Gasteiger partial charge on any atom is -0.477 e. The van der Waals surface area contributed by atoms with Gasteiger partial charge in [-0.25, -0.2) is 9.79 Å². The molecule has 1 aliphatic carbocycles. The molecule has 2 rings (SSSR count). The van der Waals surface area contributed by atoms with Crippen LogP contribution in [-0.4, -0.2) is 82.8 Å². The Kier molecular flexibility index (Phi) is 7.44. The van der Waals surface area contributed by atoms with Crippen LogP contribution in [-0.2, 0) is 19.8 Å². The van der Waals surface area contributed by atoms with Gasteiger partial charge in [0.1, 0.15) is 11.3 Å². The van der Waals surface area contributed by atoms with Crippen LogP contribution in [0.4, 0.5) is 0 Å². The quantitative estimate of drug-likeness (QED) is 0.156. The second-order valence-corrected chi connectivity index (χ2v) is 10.0. The Hall–Kier alpha value is -1.42. The van der Waals surface area contributed by atoms with E-state index in [0.717, 1.165) is 11.2 Å². The van der Waals surface area contributed by atoms with Crippen LogP contribution in [0, 0.1) is 5.92 Å². The van der Waals surface area contributed by atoms with Crippen molar-refractivity contribution >= 4 is 34.9 Å². The van der Waals surface area contributed by atoms with Gasteiger partial charge in [0.05, 0.1) is 0 Å². The summed E-state index contributed by atoms with van der Waals surface area (Å²) in [5.74, 6) is -3.00. The Morgan fingerprint density at radius 2 is 1.93 bits per heavy atom. The molecule has 0 aromatic heterocycles. The zero-order chi connectivity index (χ0) is 22.9. The fourth-order valence-corrected chi connectivity index (χ4v) is 5.10. The second kappa shape index (κ2) is 8.98. The van der Waals surface area contributed by atoms with Crippen molar-refractivity contribution < 1.29 is 33.2 Å². The molecule has 2 fully saturated rings. The standard InChI is InChI=1S/C16H30BN5O7S/c1-10(13(23)24)20-14(25)16(19)9-22(8-12(16)4-3-7-17(26)27)30(28,29)21-11(2)15(18)5-6-15/h11-12,21,26-27H,3-9,18-19H2,1-2H3,(H,23,24)/b20-10+/t11?,12-,16-/m0/s1. The molecule has 1 aliphatic heterocycles. The fraction of sp³-hybridized carbons (Fsp3) is 0.812. The highest BCUT2D eigenvalue weighted by Crippen LogP contribution is 2.37. The van der Waals surface area contributed by atoms with Gasteiger partial charge in [-0.15, -0.1) is 0 Å². The summed E-state index contributed by atoms with van der Waals surface area (Å²) in [4.78, 5) is 27.3. The first kappa shape index (κ1) is 24.9. The molecule has 3 atom stereocenters. The summed E-state index contributed by atoms with van der Waals surface area (Å²) in [6.45, 7) is 2.34. The lowest BCUT2D eigenvalue weighted by atomic mass is 9.78. The van der Waals surface area contributed by atoms with Gasteiger partial charge < -0.3 is 26.6 Å². The molecule has 0 aromatic carbocycles. The number of hydrogen-bond acceptors (Lipinski definition) is 8. The van der Waals surface area contributed by atoms with E-state index >= 15 is 0 Å². The van der Waals surface area contributed by atoms with E-state index in [4.69, 9.17) is 26.6 Å². The van der Waals surface area contributed by atoms with Gasteiger partial charge in [-0.05, 0) is 39.4 Å². The third-order valence-electron chi connectivity index (χ3n) is 5.94. The number of hydrogen-bond donors (Lipinski definition) is 6. The van der Waals surface area contributed by atoms with Crippen molar-refractivity contribution in [3.05, 3.63) is 0 Å². The van der Waals surface area contributed by atoms with Crippen LogP contribution in [0.5, 0.6) is 0 Å². The summed E-state index contributed by atoms with van der Waals surface area (Å²) in [6.07, 6.45) is 1.93. The van der Waals surface area contributed by atoms with Crippen LogP contribution >= 0.6 is 0 Å². The highest BCUT2D eigenvalue weighted by atomic mass is 32.2. The molecule has 0 spiro atoms. The topological polar surface area (TPSA) is 209 Å². The molecule has 0 aromatic rings. The maximum absolute atomic E-state index is 12.9. The smallest absolute Gasteiger partial charge is 0.451 e. The Morgan fingerprint density at radius 1 is 1.33 bits per heavy atom. The first-order chi connectivity index (χ1) is 13.7. The number of nitrogens with zero attached hydrogens (tertiary/aromatic N) is 2. The van der Waals surface area contributed by atoms with E-state index in [1.54, 1.807) is 6.92 Å². The number of carbonyl (C=O) groups is 2. The van der Waals surface area contributed by atoms with E-state index in [1.165, 1.54) is 0 Å². The predicted octanol–water partition coefficient (Wildman–Crippen LogP) is -2.34. The molecular weight excluding hydrogens is 417 g/mol. The third-order valence-corrected chi connectivity index (χ3v) is 7.55. The molecule has 2 aliphatic rings. The van der Waals surface area contributed by atoms with E-state index in [1.807, 2.05) is 0 Å². The number of amides is 1. The zero-order valence-corrected chi connectivity index (χ0v) is 17.9. The third kappa shape index (κ3) is 5.63. The highest BCUT2D eigenvalue weighted by molar-refractivity contribution is 7.87. The van der Waals surface area contributed by atoms with Gasteiger partial charge in [-0.3, -0.25) is 4.79 Å². The number of carbonyl (C=O) groups excluding carboxylic acids is 1. The normalized spacial score (nSPS) is 27.7. The van der Waals surface area contributed by atoms with Gasteiger partial charge in [0.15, 0.2) is 0 Å². The number of carboxylic acids is 1. The Bertz CT molecular complexity index is 817. The summed E-state index contributed by atoms with van der Waals surface area (Å²) in [6, 6.07) is -0.513. The van der Waals surface area contributed by atoms with Crippen molar-refractivity contribution in [2.45, 2.75) is 63.0 Å². The fourth-order valence-electron chi connectivity index (χ4n) is 3.51. The minimum atomic E-state index is -4.02. The van der Waals surface area contributed by atoms with Gasteiger partial charge in [-0.2, -0.15) is 17.4 Å². The van der Waals surface area contributed by atoms with Crippen LogP contribution in [0.3, 0.4) is 0 Å². The van der Waals surface area contributed by atoms with Gasteiger partial charge >= 0.3 is 13.1 Å². The number of nitrogens with two attached hydrogens (primary N) is 2. The van der Waals surface area contributed by atoms with E-state index in [9.17, 15) is 18.0 Å². The van der Waals surface area contributed by atoms with Crippen molar-refractivity contribution in [1.82, 2.24) is 9.03 Å². The lowest BCUT2D eigenvalue weighted by Crippen LogP contribution is -2.56. The van der Waals surface area contributed by atoms with Crippen molar-refractivity contribution in [1.29, 1.82) is 0 Å². The molecule has 14 heteroatoms. The Labute approximate surface area is 176 Å². The van der Waals surface area contributed by atoms with E-state index in [2.05, 4.69) is 9.71 Å². The number of nitrogens with one attached hydrogen (secondary N) is 1. The number of carboxylic acid groups (broad SMARTS) is 1. The monoisotopic (exact) mass is 447 g/mol.